The lowest BCUT2D eigenvalue weighted by atomic mass is 10.0. The van der Waals surface area contributed by atoms with Gasteiger partial charge in [0.15, 0.2) is 0 Å². The maximum atomic E-state index is 12.8. The molecular weight excluding hydrogens is 659 g/mol. The number of phosphoric acid groups is 1. The molecule has 0 aliphatic carbocycles. The summed E-state index contributed by atoms with van der Waals surface area (Å²) >= 11 is 0. The van der Waals surface area contributed by atoms with Gasteiger partial charge in [-0.15, -0.1) is 0 Å². The summed E-state index contributed by atoms with van der Waals surface area (Å²) in [6.45, 7) is 4.73. The third-order valence-electron chi connectivity index (χ3n) is 10.1. The molecule has 8 nitrogen and oxygen atoms in total. The number of amides is 1. The van der Waals surface area contributed by atoms with Crippen LogP contribution >= 0.6 is 7.82 Å². The lowest BCUT2D eigenvalue weighted by Gasteiger charge is -2.30. The summed E-state index contributed by atoms with van der Waals surface area (Å²) < 4.78 is 23.2. The number of carbonyl (C=O) groups is 1. The van der Waals surface area contributed by atoms with Crippen LogP contribution in [0.4, 0.5) is 0 Å². The number of hydrogen-bond acceptors (Lipinski definition) is 6. The summed E-state index contributed by atoms with van der Waals surface area (Å²) in [6, 6.07) is -0.792. The third-order valence-corrected chi connectivity index (χ3v) is 11.1. The number of unbranched alkanes of at least 4 members (excludes halogenated alkanes) is 27. The van der Waals surface area contributed by atoms with Gasteiger partial charge in [0.2, 0.25) is 5.91 Å². The zero-order chi connectivity index (χ0) is 37.9. The van der Waals surface area contributed by atoms with Crippen molar-refractivity contribution in [2.75, 3.05) is 40.9 Å². The normalized spacial score (nSPS) is 14.4. The van der Waals surface area contributed by atoms with Crippen LogP contribution in [0.15, 0.2) is 0 Å². The molecule has 0 saturated heterocycles. The molecule has 0 heterocycles. The number of aliphatic hydroxyl groups excluding tert-OH is 1. The van der Waals surface area contributed by atoms with Crippen molar-refractivity contribution >= 4 is 13.7 Å². The van der Waals surface area contributed by atoms with E-state index in [1.165, 1.54) is 148 Å². The van der Waals surface area contributed by atoms with Crippen molar-refractivity contribution in [1.29, 1.82) is 0 Å². The van der Waals surface area contributed by atoms with Crippen molar-refractivity contribution in [2.45, 2.75) is 225 Å². The van der Waals surface area contributed by atoms with Crippen LogP contribution in [0.1, 0.15) is 213 Å². The minimum absolute atomic E-state index is 0.0159. The van der Waals surface area contributed by atoms with Gasteiger partial charge in [0.05, 0.1) is 39.9 Å². The first-order valence-electron chi connectivity index (χ1n) is 21.9. The van der Waals surface area contributed by atoms with Crippen molar-refractivity contribution in [3.05, 3.63) is 0 Å². The quantitative estimate of drug-likeness (QED) is 0.0367. The van der Waals surface area contributed by atoms with E-state index in [0.29, 0.717) is 23.9 Å². The van der Waals surface area contributed by atoms with Gasteiger partial charge in [0.25, 0.3) is 7.82 Å². The molecule has 0 aliphatic heterocycles. The van der Waals surface area contributed by atoms with Gasteiger partial charge in [-0.1, -0.05) is 194 Å². The zero-order valence-corrected chi connectivity index (χ0v) is 35.5. The van der Waals surface area contributed by atoms with Crippen LogP contribution in [0, 0.1) is 0 Å². The van der Waals surface area contributed by atoms with Crippen molar-refractivity contribution in [3.8, 4) is 0 Å². The number of hydrogen-bond donors (Lipinski definition) is 2. The Hall–Kier alpha value is -0.500. The highest BCUT2D eigenvalue weighted by Crippen LogP contribution is 2.38. The molecule has 2 N–H and O–H groups in total. The van der Waals surface area contributed by atoms with Gasteiger partial charge in [-0.2, -0.15) is 0 Å². The molecule has 0 aliphatic rings. The number of likely N-dealkylation sites (N-methyl/N-ethyl adjacent to an activating group) is 1. The Bertz CT molecular complexity index is 809. The van der Waals surface area contributed by atoms with Crippen LogP contribution in [-0.2, 0) is 18.4 Å². The highest BCUT2D eigenvalue weighted by atomic mass is 31.2. The topological polar surface area (TPSA) is 108 Å². The molecule has 0 aromatic carbocycles. The minimum Gasteiger partial charge on any atom is -0.756 e. The van der Waals surface area contributed by atoms with Crippen molar-refractivity contribution < 1.29 is 32.9 Å². The van der Waals surface area contributed by atoms with E-state index < -0.39 is 20.0 Å². The number of quaternary nitrogens is 1. The molecule has 1 unspecified atom stereocenters. The van der Waals surface area contributed by atoms with Crippen LogP contribution in [0.2, 0.25) is 0 Å². The van der Waals surface area contributed by atoms with Crippen molar-refractivity contribution in [3.63, 3.8) is 0 Å². The average molecular weight is 747 g/mol. The fourth-order valence-electron chi connectivity index (χ4n) is 6.57. The monoisotopic (exact) mass is 747 g/mol. The molecule has 0 fully saturated rings. The largest absolute Gasteiger partial charge is 0.756 e. The summed E-state index contributed by atoms with van der Waals surface area (Å²) in [4.78, 5) is 25.3. The molecule has 0 aromatic heterocycles. The summed E-state index contributed by atoms with van der Waals surface area (Å²) in [5.74, 6) is -0.163. The van der Waals surface area contributed by atoms with Gasteiger partial charge in [-0.25, -0.2) is 0 Å². The number of phosphoric ester groups is 1. The first-order chi connectivity index (χ1) is 24.5. The standard InChI is InChI=1S/C42H87N2O6P/c1-6-8-10-12-14-16-18-20-21-22-23-24-25-27-29-31-33-35-41(45)40(39-50-51(47,48)49-38-37-44(3,4)5)43-42(46)36-34-32-30-28-26-19-17-15-13-11-9-7-2/h40-41,45H,6-39H2,1-5H3,(H-,43,46,47,48)/t40-,41+/m0/s1. The van der Waals surface area contributed by atoms with Crippen molar-refractivity contribution in [1.82, 2.24) is 5.32 Å². The van der Waals surface area contributed by atoms with E-state index in [4.69, 9.17) is 9.05 Å². The Morgan fingerprint density at radius 3 is 1.33 bits per heavy atom. The van der Waals surface area contributed by atoms with E-state index in [2.05, 4.69) is 19.2 Å². The lowest BCUT2D eigenvalue weighted by molar-refractivity contribution is -0.870. The van der Waals surface area contributed by atoms with E-state index in [-0.39, 0.29) is 19.1 Å². The predicted octanol–water partition coefficient (Wildman–Crippen LogP) is 11.2. The molecule has 306 valence electrons. The number of carbonyl (C=O) groups excluding carboxylic acids is 1. The molecule has 0 saturated carbocycles. The molecule has 3 atom stereocenters. The molecule has 51 heavy (non-hydrogen) atoms. The Morgan fingerprint density at radius 1 is 0.608 bits per heavy atom. The van der Waals surface area contributed by atoms with Crippen LogP contribution in [-0.4, -0.2) is 68.5 Å². The predicted molar refractivity (Wildman–Crippen MR) is 215 cm³/mol. The average Bonchev–Trinajstić information content (AvgIpc) is 3.07. The number of rotatable bonds is 40. The molecule has 0 bridgehead atoms. The lowest BCUT2D eigenvalue weighted by Crippen LogP contribution is -2.46. The first-order valence-corrected chi connectivity index (χ1v) is 23.3. The van der Waals surface area contributed by atoms with Gasteiger partial charge >= 0.3 is 0 Å². The molecule has 0 rings (SSSR count). The summed E-state index contributed by atoms with van der Waals surface area (Å²) in [5.41, 5.74) is 0. The van der Waals surface area contributed by atoms with Crippen LogP contribution in [0.5, 0.6) is 0 Å². The maximum Gasteiger partial charge on any atom is 0.268 e. The minimum atomic E-state index is -4.55. The van der Waals surface area contributed by atoms with E-state index in [1.54, 1.807) is 0 Å². The second kappa shape index (κ2) is 35.2. The Kier molecular flexibility index (Phi) is 34.9. The highest BCUT2D eigenvalue weighted by Gasteiger charge is 2.24. The molecule has 1 amide bonds. The summed E-state index contributed by atoms with van der Waals surface area (Å²) in [7, 11) is 1.32. The van der Waals surface area contributed by atoms with Crippen molar-refractivity contribution in [2.24, 2.45) is 0 Å². The Morgan fingerprint density at radius 2 is 0.961 bits per heavy atom. The van der Waals surface area contributed by atoms with Gasteiger partial charge in [0, 0.05) is 6.42 Å². The van der Waals surface area contributed by atoms with E-state index >= 15 is 0 Å². The van der Waals surface area contributed by atoms with Gasteiger partial charge in [-0.05, 0) is 12.8 Å². The number of aliphatic hydroxyl groups is 1. The van der Waals surface area contributed by atoms with E-state index in [0.717, 1.165) is 38.5 Å². The SMILES string of the molecule is CCCCCCCCCCCCCCCCCCC[C@@H](O)[C@H](COP(=O)([O-])OCC[N+](C)(C)C)NC(=O)CCCCCCCCCCCCCC. The second-order valence-corrected chi connectivity index (χ2v) is 17.8. The van der Waals surface area contributed by atoms with E-state index in [9.17, 15) is 19.4 Å². The van der Waals surface area contributed by atoms with Crippen LogP contribution in [0.25, 0.3) is 0 Å². The smallest absolute Gasteiger partial charge is 0.268 e. The Balaban J connectivity index is 4.33. The Labute approximate surface area is 317 Å². The summed E-state index contributed by atoms with van der Waals surface area (Å²) in [6.07, 6.45) is 36.7. The third kappa shape index (κ3) is 37.6. The zero-order valence-electron chi connectivity index (χ0n) is 34.6. The number of nitrogens with one attached hydrogen (secondary N) is 1. The van der Waals surface area contributed by atoms with Crippen LogP contribution in [0.3, 0.4) is 0 Å². The molecule has 0 radical (unpaired) electrons. The van der Waals surface area contributed by atoms with Gasteiger partial charge in [-0.3, -0.25) is 9.36 Å². The van der Waals surface area contributed by atoms with Crippen LogP contribution < -0.4 is 10.2 Å². The molecule has 0 spiro atoms. The fraction of sp³-hybridized carbons (Fsp3) is 0.976. The first kappa shape index (κ1) is 50.5. The van der Waals surface area contributed by atoms with Gasteiger partial charge < -0.3 is 28.8 Å². The second-order valence-electron chi connectivity index (χ2n) is 16.4. The fourth-order valence-corrected chi connectivity index (χ4v) is 7.29. The number of nitrogens with zero attached hydrogens (tertiary/aromatic N) is 1. The maximum absolute atomic E-state index is 12.8. The molecular formula is C42H87N2O6P. The molecule has 0 aromatic rings. The molecule has 9 heteroatoms. The highest BCUT2D eigenvalue weighted by molar-refractivity contribution is 7.45. The van der Waals surface area contributed by atoms with E-state index in [1.807, 2.05) is 21.1 Å². The van der Waals surface area contributed by atoms with Gasteiger partial charge in [0.1, 0.15) is 13.2 Å². The summed E-state index contributed by atoms with van der Waals surface area (Å²) in [5, 5.41) is 13.9.